The van der Waals surface area contributed by atoms with Crippen LogP contribution in [0.4, 0.5) is 0 Å². The number of halogens is 1. The SMILES string of the molecule is [N-]=[N+]=NC(=O)COc1ccc(Cl)cc1. The predicted octanol–water partition coefficient (Wildman–Crippen LogP) is 2.56. The van der Waals surface area contributed by atoms with Crippen molar-refractivity contribution < 1.29 is 9.53 Å². The molecule has 72 valence electrons. The lowest BCUT2D eigenvalue weighted by atomic mass is 10.3. The fraction of sp³-hybridized carbons (Fsp3) is 0.125. The summed E-state index contributed by atoms with van der Waals surface area (Å²) >= 11 is 5.64. The van der Waals surface area contributed by atoms with E-state index >= 15 is 0 Å². The van der Waals surface area contributed by atoms with Crippen LogP contribution in [-0.2, 0) is 4.79 Å². The van der Waals surface area contributed by atoms with E-state index in [9.17, 15) is 4.79 Å². The van der Waals surface area contributed by atoms with Crippen molar-refractivity contribution in [3.63, 3.8) is 0 Å². The molecule has 14 heavy (non-hydrogen) atoms. The zero-order valence-electron chi connectivity index (χ0n) is 7.05. The summed E-state index contributed by atoms with van der Waals surface area (Å²) in [6, 6.07) is 6.50. The van der Waals surface area contributed by atoms with Gasteiger partial charge in [-0.2, -0.15) is 0 Å². The van der Waals surface area contributed by atoms with Crippen LogP contribution >= 0.6 is 11.6 Å². The Kier molecular flexibility index (Phi) is 3.79. The summed E-state index contributed by atoms with van der Waals surface area (Å²) in [7, 11) is 0. The van der Waals surface area contributed by atoms with Crippen molar-refractivity contribution >= 4 is 17.5 Å². The Morgan fingerprint density at radius 3 is 2.71 bits per heavy atom. The number of ether oxygens (including phenoxy) is 1. The van der Waals surface area contributed by atoms with Crippen LogP contribution in [0.15, 0.2) is 29.4 Å². The lowest BCUT2D eigenvalue weighted by Crippen LogP contribution is -2.07. The van der Waals surface area contributed by atoms with Gasteiger partial charge in [-0.25, -0.2) is 0 Å². The standard InChI is InChI=1S/C8H6ClN3O2/c9-6-1-3-7(4-2-6)14-5-8(13)11-12-10/h1-4H,5H2. The summed E-state index contributed by atoms with van der Waals surface area (Å²) in [5.74, 6) is -0.168. The summed E-state index contributed by atoms with van der Waals surface area (Å²) < 4.78 is 5.00. The van der Waals surface area contributed by atoms with Gasteiger partial charge in [0.2, 0.25) is 0 Å². The second-order valence-corrected chi connectivity index (χ2v) is 2.76. The highest BCUT2D eigenvalue weighted by Gasteiger charge is 1.99. The average molecular weight is 212 g/mol. The van der Waals surface area contributed by atoms with Crippen LogP contribution in [0.1, 0.15) is 0 Å². The first-order chi connectivity index (χ1) is 6.72. The van der Waals surface area contributed by atoms with Crippen LogP contribution in [-0.4, -0.2) is 12.5 Å². The normalized spacial score (nSPS) is 8.93. The van der Waals surface area contributed by atoms with Gasteiger partial charge < -0.3 is 4.74 Å². The summed E-state index contributed by atoms with van der Waals surface area (Å²) in [6.07, 6.45) is 0. The molecule has 0 radical (unpaired) electrons. The van der Waals surface area contributed by atoms with Crippen molar-refractivity contribution in [2.24, 2.45) is 5.11 Å². The van der Waals surface area contributed by atoms with Crippen LogP contribution < -0.4 is 4.74 Å². The molecule has 0 atom stereocenters. The van der Waals surface area contributed by atoms with E-state index in [-0.39, 0.29) is 6.61 Å². The summed E-state index contributed by atoms with van der Waals surface area (Å²) in [6.45, 7) is -0.272. The highest BCUT2D eigenvalue weighted by atomic mass is 35.5. The number of amides is 1. The zero-order valence-corrected chi connectivity index (χ0v) is 7.81. The van der Waals surface area contributed by atoms with Gasteiger partial charge >= 0.3 is 0 Å². The number of hydrogen-bond donors (Lipinski definition) is 0. The summed E-state index contributed by atoms with van der Waals surface area (Å²) in [5, 5.41) is 3.43. The van der Waals surface area contributed by atoms with Gasteiger partial charge in [0.15, 0.2) is 6.61 Å². The highest BCUT2D eigenvalue weighted by Crippen LogP contribution is 2.15. The van der Waals surface area contributed by atoms with Crippen LogP contribution in [0.3, 0.4) is 0 Å². The monoisotopic (exact) mass is 211 g/mol. The number of nitrogens with zero attached hydrogens (tertiary/aromatic N) is 3. The molecule has 1 amide bonds. The molecule has 0 aliphatic heterocycles. The minimum Gasteiger partial charge on any atom is -0.486 e. The number of rotatable bonds is 3. The summed E-state index contributed by atoms with van der Waals surface area (Å²) in [4.78, 5) is 13.0. The van der Waals surface area contributed by atoms with Crippen molar-refractivity contribution in [3.05, 3.63) is 39.7 Å². The molecule has 0 unspecified atom stereocenters. The van der Waals surface area contributed by atoms with Crippen molar-refractivity contribution in [3.8, 4) is 5.75 Å². The van der Waals surface area contributed by atoms with Crippen LogP contribution in [0.25, 0.3) is 10.4 Å². The van der Waals surface area contributed by atoms with Gasteiger partial charge in [-0.1, -0.05) is 11.6 Å². The van der Waals surface area contributed by atoms with Gasteiger partial charge in [0.1, 0.15) is 5.75 Å². The molecule has 0 saturated carbocycles. The zero-order chi connectivity index (χ0) is 10.4. The fourth-order valence-electron chi connectivity index (χ4n) is 0.755. The van der Waals surface area contributed by atoms with Crippen LogP contribution in [0.5, 0.6) is 5.75 Å². The van der Waals surface area contributed by atoms with E-state index < -0.39 is 5.91 Å². The number of hydrogen-bond acceptors (Lipinski definition) is 2. The fourth-order valence-corrected chi connectivity index (χ4v) is 0.881. The minimum absolute atomic E-state index is 0.272. The van der Waals surface area contributed by atoms with Crippen LogP contribution in [0.2, 0.25) is 5.02 Å². The van der Waals surface area contributed by atoms with Gasteiger partial charge in [-0.3, -0.25) is 4.79 Å². The predicted molar refractivity (Wildman–Crippen MR) is 51.1 cm³/mol. The number of carbonyl (C=O) groups is 1. The molecule has 0 saturated heterocycles. The molecule has 1 aromatic carbocycles. The van der Waals surface area contributed by atoms with E-state index in [1.807, 2.05) is 0 Å². The third-order valence-corrected chi connectivity index (χ3v) is 1.58. The average Bonchev–Trinajstić information content (AvgIpc) is 2.17. The maximum absolute atomic E-state index is 10.7. The smallest absolute Gasteiger partial charge is 0.256 e. The van der Waals surface area contributed by atoms with E-state index in [1.165, 1.54) is 0 Å². The van der Waals surface area contributed by atoms with Gasteiger partial charge in [-0.05, 0) is 34.9 Å². The highest BCUT2D eigenvalue weighted by molar-refractivity contribution is 6.30. The van der Waals surface area contributed by atoms with Crippen molar-refractivity contribution in [1.29, 1.82) is 0 Å². The van der Waals surface area contributed by atoms with E-state index in [0.29, 0.717) is 10.8 Å². The Labute approximate surface area is 84.9 Å². The van der Waals surface area contributed by atoms with E-state index in [0.717, 1.165) is 0 Å². The lowest BCUT2D eigenvalue weighted by Gasteiger charge is -2.02. The molecule has 0 aliphatic carbocycles. The quantitative estimate of drug-likeness (QED) is 0.438. The molecule has 0 bridgehead atoms. The van der Waals surface area contributed by atoms with Gasteiger partial charge in [0.05, 0.1) is 0 Å². The minimum atomic E-state index is -0.664. The topological polar surface area (TPSA) is 75.1 Å². The first-order valence-electron chi connectivity index (χ1n) is 3.68. The maximum Gasteiger partial charge on any atom is 0.256 e. The molecule has 0 fully saturated rings. The number of benzene rings is 1. The van der Waals surface area contributed by atoms with E-state index in [4.69, 9.17) is 21.9 Å². The maximum atomic E-state index is 10.7. The Morgan fingerprint density at radius 2 is 2.14 bits per heavy atom. The van der Waals surface area contributed by atoms with Gasteiger partial charge in [0.25, 0.3) is 5.91 Å². The Balaban J connectivity index is 2.49. The molecule has 0 heterocycles. The third-order valence-electron chi connectivity index (χ3n) is 1.33. The first kappa shape index (κ1) is 10.4. The van der Waals surface area contributed by atoms with Gasteiger partial charge in [-0.15, -0.1) is 0 Å². The molecule has 0 spiro atoms. The van der Waals surface area contributed by atoms with Crippen molar-refractivity contribution in [2.75, 3.05) is 6.61 Å². The van der Waals surface area contributed by atoms with Crippen molar-refractivity contribution in [2.45, 2.75) is 0 Å². The molecule has 1 rings (SSSR count). The van der Waals surface area contributed by atoms with E-state index in [1.54, 1.807) is 24.3 Å². The number of carbonyl (C=O) groups excluding carboxylic acids is 1. The first-order valence-corrected chi connectivity index (χ1v) is 4.06. The summed E-state index contributed by atoms with van der Waals surface area (Å²) in [5.41, 5.74) is 7.93. The lowest BCUT2D eigenvalue weighted by molar-refractivity contribution is -0.119. The van der Waals surface area contributed by atoms with E-state index in [2.05, 4.69) is 10.0 Å². The second-order valence-electron chi connectivity index (χ2n) is 2.33. The molecule has 0 aromatic heterocycles. The molecule has 5 nitrogen and oxygen atoms in total. The third kappa shape index (κ3) is 3.35. The molecule has 0 N–H and O–H groups in total. The second kappa shape index (κ2) is 5.11. The molecular weight excluding hydrogens is 206 g/mol. The molecule has 0 aliphatic rings. The Morgan fingerprint density at radius 1 is 1.50 bits per heavy atom. The molecule has 6 heteroatoms. The largest absolute Gasteiger partial charge is 0.486 e. The van der Waals surface area contributed by atoms with Crippen LogP contribution in [0, 0.1) is 0 Å². The van der Waals surface area contributed by atoms with Crippen molar-refractivity contribution in [1.82, 2.24) is 0 Å². The van der Waals surface area contributed by atoms with Gasteiger partial charge in [0, 0.05) is 9.93 Å². The Hall–Kier alpha value is -1.71. The molecular formula is C8H6ClN3O2. The Bertz CT molecular complexity index is 371. The number of azide groups is 1. The molecule has 1 aromatic rings.